The molecule has 5 nitrogen and oxygen atoms in total. The van der Waals surface area contributed by atoms with Crippen LogP contribution < -0.4 is 0 Å². The Labute approximate surface area is 220 Å². The molecule has 0 saturated heterocycles. The maximum atomic E-state index is 13.0. The van der Waals surface area contributed by atoms with E-state index >= 15 is 0 Å². The van der Waals surface area contributed by atoms with E-state index in [4.69, 9.17) is 0 Å². The summed E-state index contributed by atoms with van der Waals surface area (Å²) in [6.45, 7) is 6.06. The molecule has 0 atom stereocenters. The number of hydrogen-bond donors (Lipinski definition) is 0. The number of unbranched alkanes of at least 4 members (excludes halogenated alkanes) is 14. The molecule has 0 aromatic carbocycles. The molecule has 0 amide bonds. The zero-order valence-electron chi connectivity index (χ0n) is 24.0. The van der Waals surface area contributed by atoms with E-state index in [0.717, 1.165) is 24.1 Å². The number of carbonyl (C=O) groups excluding carboxylic acids is 3. The normalized spacial score (nSPS) is 11.1. The van der Waals surface area contributed by atoms with Crippen LogP contribution in [0.15, 0.2) is 0 Å². The summed E-state index contributed by atoms with van der Waals surface area (Å²) in [6, 6.07) is 0. The minimum absolute atomic E-state index is 0.0203. The van der Waals surface area contributed by atoms with Gasteiger partial charge in [0.1, 0.15) is 0 Å². The molecule has 1 heterocycles. The van der Waals surface area contributed by atoms with E-state index in [1.165, 1.54) is 90.6 Å². The molecule has 0 N–H and O–H groups in total. The van der Waals surface area contributed by atoms with Gasteiger partial charge in [0.25, 0.3) is 0 Å². The SMILES string of the molecule is CCCCCCCCCCCCCCCCCC(=O)c1c(C)c(C(=O)CCCC(=O)OC)n(C)c1C. The molecule has 5 heteroatoms. The Hall–Kier alpha value is -1.91. The Morgan fingerprint density at radius 1 is 0.639 bits per heavy atom. The number of rotatable bonds is 22. The van der Waals surface area contributed by atoms with Crippen LogP contribution in [0.25, 0.3) is 0 Å². The average Bonchev–Trinajstić information content (AvgIpc) is 3.08. The number of carbonyl (C=O) groups is 3. The van der Waals surface area contributed by atoms with Crippen LogP contribution in [-0.4, -0.2) is 29.2 Å². The molecule has 0 saturated carbocycles. The van der Waals surface area contributed by atoms with Crippen LogP contribution in [0.4, 0.5) is 0 Å². The lowest BCUT2D eigenvalue weighted by Crippen LogP contribution is -2.09. The van der Waals surface area contributed by atoms with E-state index in [0.29, 0.717) is 24.1 Å². The van der Waals surface area contributed by atoms with Gasteiger partial charge >= 0.3 is 5.97 Å². The first kappa shape index (κ1) is 32.1. The highest BCUT2D eigenvalue weighted by molar-refractivity contribution is 6.04. The van der Waals surface area contributed by atoms with Gasteiger partial charge in [-0.25, -0.2) is 0 Å². The molecular weight excluding hydrogens is 450 g/mol. The van der Waals surface area contributed by atoms with Gasteiger partial charge in [0.2, 0.25) is 0 Å². The zero-order chi connectivity index (χ0) is 26.8. The minimum Gasteiger partial charge on any atom is -0.469 e. The van der Waals surface area contributed by atoms with Crippen molar-refractivity contribution in [2.45, 2.75) is 143 Å². The Balaban J connectivity index is 2.24. The molecule has 0 aliphatic heterocycles. The highest BCUT2D eigenvalue weighted by Gasteiger charge is 2.24. The fourth-order valence-electron chi connectivity index (χ4n) is 5.18. The number of nitrogens with zero attached hydrogens (tertiary/aromatic N) is 1. The van der Waals surface area contributed by atoms with E-state index in [-0.39, 0.29) is 30.4 Å². The Morgan fingerprint density at radius 3 is 1.56 bits per heavy atom. The van der Waals surface area contributed by atoms with Crippen molar-refractivity contribution in [2.75, 3.05) is 7.11 Å². The van der Waals surface area contributed by atoms with Gasteiger partial charge in [0, 0.05) is 37.6 Å². The van der Waals surface area contributed by atoms with E-state index in [1.807, 2.05) is 25.5 Å². The third-order valence-corrected chi connectivity index (χ3v) is 7.49. The topological polar surface area (TPSA) is 65.4 Å². The lowest BCUT2D eigenvalue weighted by Gasteiger charge is -2.05. The van der Waals surface area contributed by atoms with Crippen LogP contribution in [0.1, 0.15) is 161 Å². The van der Waals surface area contributed by atoms with Crippen molar-refractivity contribution in [3.63, 3.8) is 0 Å². The molecule has 0 fully saturated rings. The van der Waals surface area contributed by atoms with Crippen molar-refractivity contribution >= 4 is 17.5 Å². The molecule has 1 rings (SSSR count). The number of ether oxygens (including phenoxy) is 1. The number of hydrogen-bond acceptors (Lipinski definition) is 4. The van der Waals surface area contributed by atoms with Crippen LogP contribution in [0, 0.1) is 13.8 Å². The first-order chi connectivity index (χ1) is 17.3. The largest absolute Gasteiger partial charge is 0.469 e. The predicted molar refractivity (Wildman–Crippen MR) is 149 cm³/mol. The van der Waals surface area contributed by atoms with Gasteiger partial charge in [-0.1, -0.05) is 96.8 Å². The second-order valence-electron chi connectivity index (χ2n) is 10.5. The molecule has 1 aromatic rings. The van der Waals surface area contributed by atoms with Gasteiger partial charge in [-0.05, 0) is 32.3 Å². The molecule has 36 heavy (non-hydrogen) atoms. The standard InChI is InChI=1S/C31H53NO4/c1-6-7-8-9-10-11-12-13-14-15-16-17-18-19-20-22-27(33)30-25(2)31(32(4)26(30)3)28(34)23-21-24-29(35)36-5/h6-24H2,1-5H3. The lowest BCUT2D eigenvalue weighted by atomic mass is 9.98. The predicted octanol–water partition coefficient (Wildman–Crippen LogP) is 8.61. The van der Waals surface area contributed by atoms with Crippen LogP contribution in [0.3, 0.4) is 0 Å². The summed E-state index contributed by atoms with van der Waals surface area (Å²) in [4.78, 5) is 37.0. The second-order valence-corrected chi connectivity index (χ2v) is 10.5. The Kier molecular flexibility index (Phi) is 17.2. The molecule has 0 aliphatic carbocycles. The van der Waals surface area contributed by atoms with E-state index in [2.05, 4.69) is 11.7 Å². The maximum Gasteiger partial charge on any atom is 0.305 e. The third-order valence-electron chi connectivity index (χ3n) is 7.49. The van der Waals surface area contributed by atoms with Crippen molar-refractivity contribution in [3.8, 4) is 0 Å². The van der Waals surface area contributed by atoms with E-state index in [1.54, 1.807) is 0 Å². The number of Topliss-reactive ketones (excluding diaryl/α,β-unsaturated/α-hetero) is 2. The molecule has 0 aliphatic rings. The van der Waals surface area contributed by atoms with Crippen molar-refractivity contribution in [3.05, 3.63) is 22.5 Å². The Bertz CT molecular complexity index is 793. The van der Waals surface area contributed by atoms with Crippen molar-refractivity contribution < 1.29 is 19.1 Å². The highest BCUT2D eigenvalue weighted by Crippen LogP contribution is 2.25. The Morgan fingerprint density at radius 2 is 1.08 bits per heavy atom. The van der Waals surface area contributed by atoms with Gasteiger partial charge in [0.15, 0.2) is 11.6 Å². The van der Waals surface area contributed by atoms with Gasteiger partial charge in [-0.15, -0.1) is 0 Å². The zero-order valence-corrected chi connectivity index (χ0v) is 24.0. The maximum absolute atomic E-state index is 13.0. The van der Waals surface area contributed by atoms with Crippen molar-refractivity contribution in [1.82, 2.24) is 4.57 Å². The van der Waals surface area contributed by atoms with E-state index in [9.17, 15) is 14.4 Å². The van der Waals surface area contributed by atoms with Crippen molar-refractivity contribution in [2.24, 2.45) is 7.05 Å². The lowest BCUT2D eigenvalue weighted by molar-refractivity contribution is -0.140. The summed E-state index contributed by atoms with van der Waals surface area (Å²) in [6.07, 6.45) is 21.1. The smallest absolute Gasteiger partial charge is 0.305 e. The number of ketones is 2. The minimum atomic E-state index is -0.304. The molecular formula is C31H53NO4. The summed E-state index contributed by atoms with van der Waals surface area (Å²) in [5.41, 5.74) is 2.94. The fraction of sp³-hybridized carbons (Fsp3) is 0.774. The van der Waals surface area contributed by atoms with E-state index < -0.39 is 0 Å². The van der Waals surface area contributed by atoms with Crippen LogP contribution in [0.5, 0.6) is 0 Å². The summed E-state index contributed by atoms with van der Waals surface area (Å²) in [5, 5.41) is 0. The molecule has 206 valence electrons. The molecule has 0 bridgehead atoms. The van der Waals surface area contributed by atoms with Crippen LogP contribution in [-0.2, 0) is 16.6 Å². The monoisotopic (exact) mass is 503 g/mol. The average molecular weight is 504 g/mol. The number of esters is 1. The highest BCUT2D eigenvalue weighted by atomic mass is 16.5. The fourth-order valence-corrected chi connectivity index (χ4v) is 5.18. The summed E-state index contributed by atoms with van der Waals surface area (Å²) >= 11 is 0. The van der Waals surface area contributed by atoms with Crippen LogP contribution >= 0.6 is 0 Å². The first-order valence-electron chi connectivity index (χ1n) is 14.6. The van der Waals surface area contributed by atoms with Gasteiger partial charge in [-0.2, -0.15) is 0 Å². The van der Waals surface area contributed by atoms with Gasteiger partial charge in [-0.3, -0.25) is 14.4 Å². The molecule has 0 radical (unpaired) electrons. The van der Waals surface area contributed by atoms with Crippen LogP contribution in [0.2, 0.25) is 0 Å². The summed E-state index contributed by atoms with van der Waals surface area (Å²) in [7, 11) is 3.20. The third kappa shape index (κ3) is 11.9. The van der Waals surface area contributed by atoms with Gasteiger partial charge in [0.05, 0.1) is 12.8 Å². The molecule has 0 spiro atoms. The molecule has 0 unspecified atom stereocenters. The first-order valence-corrected chi connectivity index (χ1v) is 14.6. The number of methoxy groups -OCH3 is 1. The van der Waals surface area contributed by atoms with Crippen molar-refractivity contribution in [1.29, 1.82) is 0 Å². The second kappa shape index (κ2) is 19.2. The summed E-state index contributed by atoms with van der Waals surface area (Å²) in [5.74, 6) is -0.182. The quantitative estimate of drug-likeness (QED) is 0.0902. The summed E-state index contributed by atoms with van der Waals surface area (Å²) < 4.78 is 6.49. The number of aromatic nitrogens is 1. The van der Waals surface area contributed by atoms with Gasteiger partial charge < -0.3 is 9.30 Å². The molecule has 1 aromatic heterocycles.